The van der Waals surface area contributed by atoms with Gasteiger partial charge in [0.25, 0.3) is 0 Å². The minimum absolute atomic E-state index is 0.124. The first-order valence-corrected chi connectivity index (χ1v) is 14.8. The van der Waals surface area contributed by atoms with E-state index in [1.54, 1.807) is 41.3 Å². The minimum Gasteiger partial charge on any atom is -0.378 e. The van der Waals surface area contributed by atoms with Gasteiger partial charge in [-0.25, -0.2) is 4.90 Å². The second-order valence-corrected chi connectivity index (χ2v) is 12.7. The lowest BCUT2D eigenvalue weighted by atomic mass is 9.83. The molecule has 38 heavy (non-hydrogen) atoms. The summed E-state index contributed by atoms with van der Waals surface area (Å²) in [5, 5.41) is 0.377. The number of amides is 3. The van der Waals surface area contributed by atoms with E-state index in [4.69, 9.17) is 16.3 Å². The summed E-state index contributed by atoms with van der Waals surface area (Å²) in [5.41, 5.74) is 1.29. The molecule has 0 radical (unpaired) electrons. The number of fused-ring (bicyclic) bond motifs is 2. The van der Waals surface area contributed by atoms with Gasteiger partial charge >= 0.3 is 4.87 Å². The first kappa shape index (κ1) is 25.8. The van der Waals surface area contributed by atoms with E-state index >= 15 is 0 Å². The lowest BCUT2D eigenvalue weighted by Gasteiger charge is -2.31. The Morgan fingerprint density at radius 2 is 1.68 bits per heavy atom. The molecule has 2 aromatic carbocycles. The molecule has 0 saturated carbocycles. The highest BCUT2D eigenvalue weighted by Gasteiger charge is 2.56. The Kier molecular flexibility index (Phi) is 6.98. The van der Waals surface area contributed by atoms with E-state index in [2.05, 4.69) is 15.9 Å². The molecule has 2 fully saturated rings. The number of carbonyl (C=O) groups excluding carboxylic acids is 3. The summed E-state index contributed by atoms with van der Waals surface area (Å²) >= 11 is 11.8. The molecule has 3 atom stereocenters. The Morgan fingerprint density at radius 3 is 2.37 bits per heavy atom. The Bertz CT molecular complexity index is 1480. The van der Waals surface area contributed by atoms with Crippen LogP contribution in [0.5, 0.6) is 0 Å². The van der Waals surface area contributed by atoms with Gasteiger partial charge in [-0.1, -0.05) is 62.8 Å². The maximum atomic E-state index is 13.9. The zero-order chi connectivity index (χ0) is 26.6. The number of anilines is 1. The predicted molar refractivity (Wildman–Crippen MR) is 149 cm³/mol. The summed E-state index contributed by atoms with van der Waals surface area (Å²) in [6.45, 7) is 1.74. The number of nitrogens with zero attached hydrogens (tertiary/aromatic N) is 3. The molecule has 3 amide bonds. The van der Waals surface area contributed by atoms with E-state index in [0.29, 0.717) is 46.9 Å². The highest BCUT2D eigenvalue weighted by molar-refractivity contribution is 9.10. The average Bonchev–Trinajstić information content (AvgIpc) is 3.36. The molecule has 0 aliphatic carbocycles. The standard InChI is InChI=1S/C26H21BrClN3O5S2/c27-15-3-7-17(8-4-15)31-23(33)20-19(14-1-5-16(28)6-2-14)22-25(37-21(20)24(31)34)30(26(35)38-22)13-18(32)29-9-11-36-12-10-29/h1-8,19-21H,9-13H2/t19-,20?,21?/m1/s1. The lowest BCUT2D eigenvalue weighted by Crippen LogP contribution is -2.43. The van der Waals surface area contributed by atoms with Crippen LogP contribution in [0.4, 0.5) is 5.69 Å². The highest BCUT2D eigenvalue weighted by Crippen LogP contribution is 2.54. The van der Waals surface area contributed by atoms with Crippen LogP contribution >= 0.6 is 50.6 Å². The van der Waals surface area contributed by atoms with Crippen molar-refractivity contribution < 1.29 is 19.1 Å². The van der Waals surface area contributed by atoms with Crippen LogP contribution in [0.2, 0.25) is 5.02 Å². The van der Waals surface area contributed by atoms with Crippen molar-refractivity contribution in [2.45, 2.75) is 22.7 Å². The molecule has 6 rings (SSSR count). The topological polar surface area (TPSA) is 88.9 Å². The molecule has 12 heteroatoms. The van der Waals surface area contributed by atoms with Crippen molar-refractivity contribution >= 4 is 74.0 Å². The third kappa shape index (κ3) is 4.44. The molecule has 196 valence electrons. The van der Waals surface area contributed by atoms with Gasteiger partial charge < -0.3 is 9.64 Å². The van der Waals surface area contributed by atoms with Crippen molar-refractivity contribution in [3.8, 4) is 0 Å². The smallest absolute Gasteiger partial charge is 0.308 e. The SMILES string of the molecule is O=C(Cn1c2c(sc1=O)[C@H](c1ccc(Cl)cc1)C1C(=O)N(c3ccc(Br)cc3)C(=O)C1S2)N1CCOCC1. The number of benzene rings is 2. The van der Waals surface area contributed by atoms with E-state index < -0.39 is 17.1 Å². The number of hydrogen-bond donors (Lipinski definition) is 0. The molecular formula is C26H21BrClN3O5S2. The van der Waals surface area contributed by atoms with Gasteiger partial charge in [0.1, 0.15) is 11.8 Å². The molecule has 3 aromatic rings. The number of aromatic nitrogens is 1. The predicted octanol–water partition coefficient (Wildman–Crippen LogP) is 3.98. The minimum atomic E-state index is -0.738. The number of halogens is 2. The quantitative estimate of drug-likeness (QED) is 0.404. The summed E-state index contributed by atoms with van der Waals surface area (Å²) in [4.78, 5) is 57.2. The van der Waals surface area contributed by atoms with Crippen LogP contribution in [0.25, 0.3) is 0 Å². The Morgan fingerprint density at radius 1 is 1.00 bits per heavy atom. The van der Waals surface area contributed by atoms with Gasteiger partial charge in [-0.15, -0.1) is 0 Å². The maximum Gasteiger partial charge on any atom is 0.308 e. The first-order chi connectivity index (χ1) is 18.3. The van der Waals surface area contributed by atoms with Gasteiger partial charge in [0.2, 0.25) is 17.7 Å². The summed E-state index contributed by atoms with van der Waals surface area (Å²) in [7, 11) is 0. The number of carbonyl (C=O) groups is 3. The molecular weight excluding hydrogens is 614 g/mol. The third-order valence-corrected chi connectivity index (χ3v) is 10.4. The molecule has 0 spiro atoms. The molecule has 3 aliphatic heterocycles. The van der Waals surface area contributed by atoms with Crippen molar-refractivity contribution in [3.63, 3.8) is 0 Å². The Balaban J connectivity index is 1.43. The van der Waals surface area contributed by atoms with Crippen LogP contribution in [-0.4, -0.2) is 58.7 Å². The normalized spacial score (nSPS) is 22.9. The van der Waals surface area contributed by atoms with Crippen molar-refractivity contribution in [1.29, 1.82) is 0 Å². The largest absolute Gasteiger partial charge is 0.378 e. The average molecular weight is 635 g/mol. The van der Waals surface area contributed by atoms with E-state index in [1.807, 2.05) is 12.1 Å². The van der Waals surface area contributed by atoms with Crippen molar-refractivity contribution in [2.24, 2.45) is 5.92 Å². The highest BCUT2D eigenvalue weighted by atomic mass is 79.9. The van der Waals surface area contributed by atoms with Gasteiger partial charge in [0.15, 0.2) is 0 Å². The Labute approximate surface area is 239 Å². The van der Waals surface area contributed by atoms with Crippen LogP contribution in [-0.2, 0) is 25.7 Å². The van der Waals surface area contributed by atoms with Crippen molar-refractivity contribution in [1.82, 2.24) is 9.47 Å². The molecule has 0 N–H and O–H groups in total. The van der Waals surface area contributed by atoms with Crippen LogP contribution in [0.15, 0.2) is 62.8 Å². The summed E-state index contributed by atoms with van der Waals surface area (Å²) < 4.78 is 7.64. The third-order valence-electron chi connectivity index (χ3n) is 7.02. The van der Waals surface area contributed by atoms with Crippen LogP contribution in [0, 0.1) is 5.92 Å². The second kappa shape index (κ2) is 10.3. The summed E-state index contributed by atoms with van der Waals surface area (Å²) in [6.07, 6.45) is 0. The van der Waals surface area contributed by atoms with Gasteiger partial charge in [-0.05, 0) is 42.0 Å². The number of thioether (sulfide) groups is 1. The second-order valence-electron chi connectivity index (χ2n) is 9.20. The first-order valence-electron chi connectivity index (χ1n) is 12.0. The van der Waals surface area contributed by atoms with E-state index in [1.165, 1.54) is 21.2 Å². The number of thiazole rings is 1. The van der Waals surface area contributed by atoms with Gasteiger partial charge in [-0.2, -0.15) is 0 Å². The summed E-state index contributed by atoms with van der Waals surface area (Å²) in [6, 6.07) is 14.2. The zero-order valence-electron chi connectivity index (χ0n) is 19.8. The lowest BCUT2D eigenvalue weighted by molar-refractivity contribution is -0.136. The van der Waals surface area contributed by atoms with Crippen molar-refractivity contribution in [2.75, 3.05) is 31.2 Å². The molecule has 0 bridgehead atoms. The summed E-state index contributed by atoms with van der Waals surface area (Å²) in [5.74, 6) is -2.04. The zero-order valence-corrected chi connectivity index (χ0v) is 23.8. The molecule has 4 heterocycles. The number of rotatable bonds is 4. The van der Waals surface area contributed by atoms with Crippen LogP contribution in [0.3, 0.4) is 0 Å². The molecule has 1 aromatic heterocycles. The number of morpholine rings is 1. The maximum absolute atomic E-state index is 13.9. The van der Waals surface area contributed by atoms with Crippen LogP contribution < -0.4 is 9.77 Å². The van der Waals surface area contributed by atoms with Crippen molar-refractivity contribution in [3.05, 3.63) is 78.1 Å². The van der Waals surface area contributed by atoms with Gasteiger partial charge in [0, 0.05) is 33.4 Å². The monoisotopic (exact) mass is 633 g/mol. The fourth-order valence-electron chi connectivity index (χ4n) is 5.18. The van der Waals surface area contributed by atoms with E-state index in [0.717, 1.165) is 21.4 Å². The van der Waals surface area contributed by atoms with Crippen LogP contribution in [0.1, 0.15) is 16.4 Å². The number of ether oxygens (including phenoxy) is 1. The van der Waals surface area contributed by atoms with Gasteiger partial charge in [-0.3, -0.25) is 23.7 Å². The fourth-order valence-corrected chi connectivity index (χ4v) is 8.34. The van der Waals surface area contributed by atoms with E-state index in [-0.39, 0.29) is 29.1 Å². The Hall–Kier alpha value is -2.44. The molecule has 8 nitrogen and oxygen atoms in total. The molecule has 2 saturated heterocycles. The van der Waals surface area contributed by atoms with E-state index in [9.17, 15) is 19.2 Å². The fraction of sp³-hybridized carbons (Fsp3) is 0.308. The number of imide groups is 1. The number of hydrogen-bond acceptors (Lipinski definition) is 7. The van der Waals surface area contributed by atoms with Gasteiger partial charge in [0.05, 0.1) is 29.8 Å². The molecule has 3 aliphatic rings. The molecule has 2 unspecified atom stereocenters.